The van der Waals surface area contributed by atoms with Crippen molar-refractivity contribution in [2.24, 2.45) is 0 Å². The van der Waals surface area contributed by atoms with Gasteiger partial charge in [0.25, 0.3) is 0 Å². The molecule has 6 heteroatoms. The molecule has 0 aromatic heterocycles. The summed E-state index contributed by atoms with van der Waals surface area (Å²) in [5, 5.41) is 4.88. The molecule has 0 spiro atoms. The molecule has 0 aliphatic carbocycles. The van der Waals surface area contributed by atoms with Gasteiger partial charge in [0.15, 0.2) is 0 Å². The first kappa shape index (κ1) is 15.6. The van der Waals surface area contributed by atoms with E-state index in [1.54, 1.807) is 6.07 Å². The van der Waals surface area contributed by atoms with Crippen LogP contribution in [0.25, 0.3) is 0 Å². The van der Waals surface area contributed by atoms with Crippen LogP contribution in [-0.2, 0) is 16.0 Å². The van der Waals surface area contributed by atoms with Crippen molar-refractivity contribution in [2.45, 2.75) is 6.42 Å². The topological polar surface area (TPSA) is 58.2 Å². The maximum Gasteiger partial charge on any atom is 0.243 e. The van der Waals surface area contributed by atoms with Crippen molar-refractivity contribution in [1.29, 1.82) is 0 Å². The van der Waals surface area contributed by atoms with E-state index in [-0.39, 0.29) is 13.0 Å². The van der Waals surface area contributed by atoms with Crippen LogP contribution in [0.1, 0.15) is 5.56 Å². The minimum atomic E-state index is -0.474. The smallest absolute Gasteiger partial charge is 0.243 e. The Labute approximate surface area is 126 Å². The molecule has 0 aliphatic heterocycles. The van der Waals surface area contributed by atoms with Crippen LogP contribution in [0.2, 0.25) is 0 Å². The predicted molar refractivity (Wildman–Crippen MR) is 78.1 cm³/mol. The standard InChI is InChI=1S/C16H14F2N2O2/c17-12-4-1-3-11(7-12)8-15(21)19-10-16(22)20-14-6-2-5-13(18)9-14/h1-7,9H,8,10H2,(H,19,21)(H,20,22). The van der Waals surface area contributed by atoms with Gasteiger partial charge in [-0.2, -0.15) is 0 Å². The Balaban J connectivity index is 1.79. The first-order chi connectivity index (χ1) is 10.5. The van der Waals surface area contributed by atoms with Crippen LogP contribution in [0.15, 0.2) is 48.5 Å². The highest BCUT2D eigenvalue weighted by molar-refractivity contribution is 5.94. The lowest BCUT2D eigenvalue weighted by molar-refractivity contribution is -0.123. The Hall–Kier alpha value is -2.76. The van der Waals surface area contributed by atoms with Crippen molar-refractivity contribution >= 4 is 17.5 Å². The molecule has 4 nitrogen and oxygen atoms in total. The van der Waals surface area contributed by atoms with Crippen LogP contribution in [0.4, 0.5) is 14.5 Å². The summed E-state index contributed by atoms with van der Waals surface area (Å²) in [5.41, 5.74) is 0.826. The van der Waals surface area contributed by atoms with Gasteiger partial charge in [0.1, 0.15) is 11.6 Å². The number of carbonyl (C=O) groups is 2. The van der Waals surface area contributed by atoms with E-state index in [1.807, 2.05) is 0 Å². The Kier molecular flexibility index (Phi) is 5.19. The van der Waals surface area contributed by atoms with Gasteiger partial charge in [0.2, 0.25) is 11.8 Å². The molecule has 2 rings (SSSR count). The summed E-state index contributed by atoms with van der Waals surface area (Å²) in [6.07, 6.45) is -0.0228. The number of rotatable bonds is 5. The monoisotopic (exact) mass is 304 g/mol. The Bertz CT molecular complexity index is 630. The molecule has 0 atom stereocenters. The van der Waals surface area contributed by atoms with Crippen molar-refractivity contribution in [3.8, 4) is 0 Å². The van der Waals surface area contributed by atoms with Gasteiger partial charge in [-0.1, -0.05) is 18.2 Å². The molecule has 0 radical (unpaired) electrons. The van der Waals surface area contributed by atoms with Crippen molar-refractivity contribution in [3.05, 3.63) is 65.7 Å². The Morgan fingerprint density at radius 2 is 1.59 bits per heavy atom. The molecule has 0 unspecified atom stereocenters. The number of carbonyl (C=O) groups excluding carboxylic acids is 2. The molecule has 114 valence electrons. The summed E-state index contributed by atoms with van der Waals surface area (Å²) in [7, 11) is 0. The molecule has 2 aromatic carbocycles. The number of hydrogen-bond donors (Lipinski definition) is 2. The summed E-state index contributed by atoms with van der Waals surface area (Å²) in [6, 6.07) is 11.1. The fourth-order valence-corrected chi connectivity index (χ4v) is 1.85. The summed E-state index contributed by atoms with van der Waals surface area (Å²) >= 11 is 0. The maximum absolute atomic E-state index is 13.0. The summed E-state index contributed by atoms with van der Waals surface area (Å²) in [4.78, 5) is 23.3. The molecule has 22 heavy (non-hydrogen) atoms. The highest BCUT2D eigenvalue weighted by atomic mass is 19.1. The molecule has 0 saturated heterocycles. The molecule has 2 aromatic rings. The second kappa shape index (κ2) is 7.31. The maximum atomic E-state index is 13.0. The Morgan fingerprint density at radius 1 is 0.909 bits per heavy atom. The van der Waals surface area contributed by atoms with E-state index >= 15 is 0 Å². The molecule has 0 aliphatic rings. The van der Waals surface area contributed by atoms with Crippen LogP contribution in [0.5, 0.6) is 0 Å². The third-order valence-electron chi connectivity index (χ3n) is 2.81. The summed E-state index contributed by atoms with van der Waals surface area (Å²) < 4.78 is 25.9. The van der Waals surface area contributed by atoms with Crippen molar-refractivity contribution in [1.82, 2.24) is 5.32 Å². The normalized spacial score (nSPS) is 10.1. The third-order valence-corrected chi connectivity index (χ3v) is 2.81. The number of hydrogen-bond acceptors (Lipinski definition) is 2. The van der Waals surface area contributed by atoms with Crippen molar-refractivity contribution in [2.75, 3.05) is 11.9 Å². The van der Waals surface area contributed by atoms with Gasteiger partial charge < -0.3 is 10.6 Å². The third kappa shape index (κ3) is 4.97. The quantitative estimate of drug-likeness (QED) is 0.890. The molecule has 0 saturated carbocycles. The Morgan fingerprint density at radius 3 is 2.27 bits per heavy atom. The first-order valence-corrected chi connectivity index (χ1v) is 6.59. The zero-order chi connectivity index (χ0) is 15.9. The lowest BCUT2D eigenvalue weighted by atomic mass is 10.1. The SMILES string of the molecule is O=C(Cc1cccc(F)c1)NCC(=O)Nc1cccc(F)c1. The molecule has 0 fully saturated rings. The van der Waals surface area contributed by atoms with Crippen LogP contribution >= 0.6 is 0 Å². The molecular weight excluding hydrogens is 290 g/mol. The van der Waals surface area contributed by atoms with Crippen molar-refractivity contribution in [3.63, 3.8) is 0 Å². The highest BCUT2D eigenvalue weighted by Crippen LogP contribution is 2.08. The molecule has 2 amide bonds. The zero-order valence-corrected chi connectivity index (χ0v) is 11.6. The zero-order valence-electron chi connectivity index (χ0n) is 11.6. The molecular formula is C16H14F2N2O2. The van der Waals surface area contributed by atoms with Crippen LogP contribution in [-0.4, -0.2) is 18.4 Å². The van der Waals surface area contributed by atoms with Crippen LogP contribution < -0.4 is 10.6 Å². The van der Waals surface area contributed by atoms with Gasteiger partial charge in [-0.25, -0.2) is 8.78 Å². The number of anilines is 1. The molecule has 0 bridgehead atoms. The van der Waals surface area contributed by atoms with Gasteiger partial charge >= 0.3 is 0 Å². The predicted octanol–water partition coefficient (Wildman–Crippen LogP) is 2.26. The first-order valence-electron chi connectivity index (χ1n) is 6.59. The molecule has 0 heterocycles. The number of amides is 2. The molecule has 2 N–H and O–H groups in total. The van der Waals surface area contributed by atoms with E-state index in [9.17, 15) is 18.4 Å². The number of nitrogens with one attached hydrogen (secondary N) is 2. The van der Waals surface area contributed by atoms with Gasteiger partial charge in [-0.05, 0) is 35.9 Å². The average Bonchev–Trinajstić information content (AvgIpc) is 2.45. The minimum Gasteiger partial charge on any atom is -0.347 e. The van der Waals surface area contributed by atoms with Crippen LogP contribution in [0.3, 0.4) is 0 Å². The minimum absolute atomic E-state index is 0.0228. The second-order valence-electron chi connectivity index (χ2n) is 4.64. The largest absolute Gasteiger partial charge is 0.347 e. The number of halogens is 2. The van der Waals surface area contributed by atoms with Gasteiger partial charge in [-0.15, -0.1) is 0 Å². The fraction of sp³-hybridized carbons (Fsp3) is 0.125. The van der Waals surface area contributed by atoms with Gasteiger partial charge in [0.05, 0.1) is 13.0 Å². The van der Waals surface area contributed by atoms with E-state index in [1.165, 1.54) is 42.5 Å². The fourth-order valence-electron chi connectivity index (χ4n) is 1.85. The average molecular weight is 304 g/mol. The van der Waals surface area contributed by atoms with Crippen LogP contribution in [0, 0.1) is 11.6 Å². The summed E-state index contributed by atoms with van der Waals surface area (Å²) in [6.45, 7) is -0.245. The van der Waals surface area contributed by atoms with Crippen molar-refractivity contribution < 1.29 is 18.4 Å². The van der Waals surface area contributed by atoms with E-state index in [0.717, 1.165) is 0 Å². The van der Waals surface area contributed by atoms with Gasteiger partial charge in [-0.3, -0.25) is 9.59 Å². The van der Waals surface area contributed by atoms with E-state index in [2.05, 4.69) is 10.6 Å². The van der Waals surface area contributed by atoms with E-state index in [4.69, 9.17) is 0 Å². The number of benzene rings is 2. The van der Waals surface area contributed by atoms with E-state index < -0.39 is 23.4 Å². The van der Waals surface area contributed by atoms with Gasteiger partial charge in [0, 0.05) is 5.69 Å². The highest BCUT2D eigenvalue weighted by Gasteiger charge is 2.07. The lowest BCUT2D eigenvalue weighted by Gasteiger charge is -2.07. The van der Waals surface area contributed by atoms with E-state index in [0.29, 0.717) is 11.3 Å². The summed E-state index contributed by atoms with van der Waals surface area (Å²) in [5.74, 6) is -1.76. The second-order valence-corrected chi connectivity index (χ2v) is 4.64. The lowest BCUT2D eigenvalue weighted by Crippen LogP contribution is -2.33.